The van der Waals surface area contributed by atoms with Crippen LogP contribution in [-0.2, 0) is 0 Å². The predicted octanol–water partition coefficient (Wildman–Crippen LogP) is 4.70. The maximum atomic E-state index is 12.1. The van der Waals surface area contributed by atoms with Crippen molar-refractivity contribution in [1.82, 2.24) is 0 Å². The van der Waals surface area contributed by atoms with E-state index in [9.17, 15) is 4.79 Å². The van der Waals surface area contributed by atoms with Gasteiger partial charge in [0.1, 0.15) is 0 Å². The summed E-state index contributed by atoms with van der Waals surface area (Å²) in [5, 5.41) is 0.639. The van der Waals surface area contributed by atoms with Crippen molar-refractivity contribution in [3.63, 3.8) is 0 Å². The zero-order valence-electron chi connectivity index (χ0n) is 8.46. The Labute approximate surface area is 111 Å². The second kappa shape index (κ2) is 4.70. The number of benzene rings is 1. The molecule has 0 spiro atoms. The van der Waals surface area contributed by atoms with Crippen LogP contribution < -0.4 is 0 Å². The Hall–Kier alpha value is -0.640. The van der Waals surface area contributed by atoms with Crippen molar-refractivity contribution >= 4 is 44.7 Å². The summed E-state index contributed by atoms with van der Waals surface area (Å²) in [4.78, 5) is 12.8. The summed E-state index contributed by atoms with van der Waals surface area (Å²) in [6, 6.07) is 8.83. The molecular formula is C12H8BrClOS. The van der Waals surface area contributed by atoms with Gasteiger partial charge in [-0.25, -0.2) is 0 Å². The third kappa shape index (κ3) is 2.37. The molecule has 2 rings (SSSR count). The number of hydrogen-bond donors (Lipinski definition) is 0. The largest absolute Gasteiger partial charge is 0.288 e. The zero-order chi connectivity index (χ0) is 11.7. The van der Waals surface area contributed by atoms with Gasteiger partial charge in [-0.3, -0.25) is 4.79 Å². The summed E-state index contributed by atoms with van der Waals surface area (Å²) in [5.74, 6) is 0.0375. The summed E-state index contributed by atoms with van der Waals surface area (Å²) in [6.07, 6.45) is 0. The Morgan fingerprint density at radius 2 is 1.94 bits per heavy atom. The number of aryl methyl sites for hydroxylation is 1. The quantitative estimate of drug-likeness (QED) is 0.734. The normalized spacial score (nSPS) is 10.4. The number of carbonyl (C=O) groups is 1. The minimum absolute atomic E-state index is 0.0375. The molecule has 2 aromatic rings. The average Bonchev–Trinajstić information content (AvgIpc) is 2.59. The average molecular weight is 316 g/mol. The van der Waals surface area contributed by atoms with Crippen molar-refractivity contribution in [1.29, 1.82) is 0 Å². The minimum Gasteiger partial charge on any atom is -0.288 e. The van der Waals surface area contributed by atoms with E-state index in [1.54, 1.807) is 24.3 Å². The van der Waals surface area contributed by atoms with Gasteiger partial charge in [0.25, 0.3) is 0 Å². The number of ketones is 1. The van der Waals surface area contributed by atoms with Crippen LogP contribution in [0.2, 0.25) is 5.02 Å². The molecule has 1 aromatic heterocycles. The number of halogens is 2. The van der Waals surface area contributed by atoms with Crippen molar-refractivity contribution in [3.8, 4) is 0 Å². The Bertz CT molecular complexity index is 511. The molecule has 0 unspecified atom stereocenters. The Kier molecular flexibility index (Phi) is 3.47. The van der Waals surface area contributed by atoms with Gasteiger partial charge in [-0.2, -0.15) is 0 Å². The maximum absolute atomic E-state index is 12.1. The number of carbonyl (C=O) groups excluding carboxylic acids is 1. The molecule has 0 atom stereocenters. The summed E-state index contributed by atoms with van der Waals surface area (Å²) >= 11 is 10.6. The molecular weight excluding hydrogens is 308 g/mol. The van der Waals surface area contributed by atoms with Gasteiger partial charge in [-0.15, -0.1) is 11.3 Å². The van der Waals surface area contributed by atoms with Crippen LogP contribution in [0.25, 0.3) is 0 Å². The summed E-state index contributed by atoms with van der Waals surface area (Å²) in [6.45, 7) is 1.97. The highest BCUT2D eigenvalue weighted by Crippen LogP contribution is 2.29. The molecule has 0 saturated carbocycles. The van der Waals surface area contributed by atoms with Gasteiger partial charge in [0, 0.05) is 10.6 Å². The topological polar surface area (TPSA) is 17.1 Å². The van der Waals surface area contributed by atoms with Crippen LogP contribution in [0.5, 0.6) is 0 Å². The highest BCUT2D eigenvalue weighted by atomic mass is 79.9. The third-order valence-electron chi connectivity index (χ3n) is 2.19. The molecule has 0 amide bonds. The van der Waals surface area contributed by atoms with Gasteiger partial charge < -0.3 is 0 Å². The Balaban J connectivity index is 2.35. The lowest BCUT2D eigenvalue weighted by Crippen LogP contribution is -1.97. The first-order valence-electron chi connectivity index (χ1n) is 4.64. The minimum atomic E-state index is 0.0375. The molecule has 0 aliphatic carbocycles. The van der Waals surface area contributed by atoms with E-state index in [1.165, 1.54) is 11.3 Å². The first kappa shape index (κ1) is 11.8. The van der Waals surface area contributed by atoms with E-state index >= 15 is 0 Å². The van der Waals surface area contributed by atoms with Crippen LogP contribution in [0.3, 0.4) is 0 Å². The first-order valence-corrected chi connectivity index (χ1v) is 6.63. The molecule has 0 aliphatic heterocycles. The van der Waals surface area contributed by atoms with Gasteiger partial charge in [0.2, 0.25) is 5.78 Å². The van der Waals surface area contributed by atoms with Crippen LogP contribution >= 0.6 is 38.9 Å². The highest BCUT2D eigenvalue weighted by Gasteiger charge is 2.13. The molecule has 82 valence electrons. The van der Waals surface area contributed by atoms with E-state index in [0.29, 0.717) is 10.6 Å². The van der Waals surface area contributed by atoms with Crippen LogP contribution in [0, 0.1) is 6.92 Å². The third-order valence-corrected chi connectivity index (χ3v) is 4.57. The molecule has 1 heterocycles. The van der Waals surface area contributed by atoms with Crippen molar-refractivity contribution in [2.45, 2.75) is 6.92 Å². The molecule has 16 heavy (non-hydrogen) atoms. The van der Waals surface area contributed by atoms with Crippen molar-refractivity contribution in [3.05, 3.63) is 55.1 Å². The van der Waals surface area contributed by atoms with E-state index in [2.05, 4.69) is 15.9 Å². The lowest BCUT2D eigenvalue weighted by molar-refractivity contribution is 0.104. The molecule has 0 N–H and O–H groups in total. The number of hydrogen-bond acceptors (Lipinski definition) is 2. The first-order chi connectivity index (χ1) is 7.58. The highest BCUT2D eigenvalue weighted by molar-refractivity contribution is 9.11. The second-order valence-corrected chi connectivity index (χ2v) is 6.21. The van der Waals surface area contributed by atoms with Crippen LogP contribution in [-0.4, -0.2) is 5.78 Å². The monoisotopic (exact) mass is 314 g/mol. The fourth-order valence-corrected chi connectivity index (χ4v) is 2.94. The van der Waals surface area contributed by atoms with E-state index in [1.807, 2.05) is 13.0 Å². The fraction of sp³-hybridized carbons (Fsp3) is 0.0833. The zero-order valence-corrected chi connectivity index (χ0v) is 11.6. The maximum Gasteiger partial charge on any atom is 0.202 e. The van der Waals surface area contributed by atoms with Gasteiger partial charge in [-0.05, 0) is 58.7 Å². The predicted molar refractivity (Wildman–Crippen MR) is 71.6 cm³/mol. The smallest absolute Gasteiger partial charge is 0.202 e. The molecule has 0 aliphatic rings. The van der Waals surface area contributed by atoms with Crippen molar-refractivity contribution in [2.75, 3.05) is 0 Å². The van der Waals surface area contributed by atoms with E-state index < -0.39 is 0 Å². The molecule has 1 aromatic carbocycles. The SMILES string of the molecule is Cc1cc(C(=O)c2ccc(Cl)cc2)sc1Br. The lowest BCUT2D eigenvalue weighted by atomic mass is 10.1. The fourth-order valence-electron chi connectivity index (χ4n) is 1.32. The van der Waals surface area contributed by atoms with Crippen molar-refractivity contribution < 1.29 is 4.79 Å². The Morgan fingerprint density at radius 1 is 1.31 bits per heavy atom. The van der Waals surface area contributed by atoms with Gasteiger partial charge in [-0.1, -0.05) is 11.6 Å². The number of rotatable bonds is 2. The van der Waals surface area contributed by atoms with Crippen LogP contribution in [0.4, 0.5) is 0 Å². The van der Waals surface area contributed by atoms with Gasteiger partial charge in [0.15, 0.2) is 0 Å². The molecule has 0 saturated heterocycles. The number of thiophene rings is 1. The molecule has 4 heteroatoms. The van der Waals surface area contributed by atoms with Crippen molar-refractivity contribution in [2.24, 2.45) is 0 Å². The molecule has 0 fully saturated rings. The summed E-state index contributed by atoms with van der Waals surface area (Å²) < 4.78 is 1.00. The summed E-state index contributed by atoms with van der Waals surface area (Å²) in [7, 11) is 0. The van der Waals surface area contributed by atoms with E-state index in [0.717, 1.165) is 14.2 Å². The van der Waals surface area contributed by atoms with Crippen LogP contribution in [0.15, 0.2) is 34.1 Å². The van der Waals surface area contributed by atoms with Gasteiger partial charge in [0.05, 0.1) is 8.66 Å². The lowest BCUT2D eigenvalue weighted by Gasteiger charge is -1.97. The van der Waals surface area contributed by atoms with Crippen LogP contribution in [0.1, 0.15) is 20.8 Å². The molecule has 0 radical (unpaired) electrons. The van der Waals surface area contributed by atoms with Gasteiger partial charge >= 0.3 is 0 Å². The summed E-state index contributed by atoms with van der Waals surface area (Å²) in [5.41, 5.74) is 1.75. The standard InChI is InChI=1S/C12H8BrClOS/c1-7-6-10(16-12(7)13)11(15)8-2-4-9(14)5-3-8/h2-6H,1H3. The second-order valence-electron chi connectivity index (χ2n) is 3.40. The Morgan fingerprint density at radius 3 is 2.44 bits per heavy atom. The molecule has 0 bridgehead atoms. The van der Waals surface area contributed by atoms with E-state index in [-0.39, 0.29) is 5.78 Å². The molecule has 1 nitrogen and oxygen atoms in total. The van der Waals surface area contributed by atoms with E-state index in [4.69, 9.17) is 11.6 Å².